The monoisotopic (exact) mass is 924 g/mol. The number of aromatic nitrogens is 2. The number of para-hydroxylation sites is 1. The number of fused-ring (bicyclic) bond motifs is 3. The van der Waals surface area contributed by atoms with Gasteiger partial charge in [-0.1, -0.05) is 194 Å². The molecule has 1 aliphatic rings. The number of ether oxygens (including phenoxy) is 1. The Labute approximate surface area is 419 Å². The van der Waals surface area contributed by atoms with Crippen LogP contribution in [-0.4, -0.2) is 16.2 Å². The fourth-order valence-electron chi connectivity index (χ4n) is 10.2. The Bertz CT molecular complexity index is 3570. The third-order valence-electron chi connectivity index (χ3n) is 14.6. The summed E-state index contributed by atoms with van der Waals surface area (Å²) >= 11 is 0. The molecule has 0 N–H and O–H groups in total. The van der Waals surface area contributed by atoms with E-state index in [4.69, 9.17) is 9.72 Å². The van der Waals surface area contributed by atoms with Crippen molar-refractivity contribution in [1.29, 1.82) is 0 Å². The van der Waals surface area contributed by atoms with Crippen molar-refractivity contribution in [2.75, 3.05) is 16.5 Å². The molecule has 1 aliphatic heterocycles. The van der Waals surface area contributed by atoms with Crippen molar-refractivity contribution in [1.82, 2.24) is 9.55 Å². The topological polar surface area (TPSA) is 33.5 Å². The van der Waals surface area contributed by atoms with Gasteiger partial charge in [0.15, 0.2) is 0 Å². The zero-order chi connectivity index (χ0) is 48.9. The molecular weight excluding hydrogens is 865 g/mol. The van der Waals surface area contributed by atoms with Gasteiger partial charge in [0.1, 0.15) is 17.3 Å². The summed E-state index contributed by atoms with van der Waals surface area (Å²) in [5, 5.41) is 2.32. The molecule has 0 spiro atoms. The molecule has 71 heavy (non-hydrogen) atoms. The van der Waals surface area contributed by atoms with Gasteiger partial charge >= 0.3 is 0 Å². The maximum Gasteiger partial charge on any atom is 0.137 e. The predicted octanol–water partition coefficient (Wildman–Crippen LogP) is 16.9. The lowest BCUT2D eigenvalue weighted by Gasteiger charge is -2.31. The van der Waals surface area contributed by atoms with E-state index >= 15 is 0 Å². The van der Waals surface area contributed by atoms with E-state index < -0.39 is 0 Å². The zero-order valence-corrected chi connectivity index (χ0v) is 41.8. The largest absolute Gasteiger partial charge is 0.457 e. The van der Waals surface area contributed by atoms with Crippen LogP contribution in [-0.2, 0) is 16.2 Å². The first-order valence-electron chi connectivity index (χ1n) is 24.8. The molecule has 0 fully saturated rings. The fourth-order valence-corrected chi connectivity index (χ4v) is 10.2. The van der Waals surface area contributed by atoms with Crippen molar-refractivity contribution >= 4 is 38.9 Å². The summed E-state index contributed by atoms with van der Waals surface area (Å²) in [6.07, 6.45) is 4.25. The maximum atomic E-state index is 7.03. The van der Waals surface area contributed by atoms with Gasteiger partial charge in [0.05, 0.1) is 23.4 Å². The highest BCUT2D eigenvalue weighted by atomic mass is 16.5. The molecule has 0 atom stereocenters. The minimum atomic E-state index is -0.249. The SMILES string of the molecule is CC(C)(C)c1cc(Oc2ccc3c4ccccc4n(-c4cc(C(C)(C)c5ccccc5)ccn4)c3c2)cc(N2C=C(c3ccccc3)N(c3cc(-c4ccccc4)cc(C(C)(C)c4ccccc4)c3)C2)c1. The fraction of sp³-hybridized carbons (Fsp3) is 0.167. The highest BCUT2D eigenvalue weighted by Gasteiger charge is 2.31. The van der Waals surface area contributed by atoms with Gasteiger partial charge in [-0.05, 0) is 105 Å². The van der Waals surface area contributed by atoms with Crippen molar-refractivity contribution in [2.24, 2.45) is 0 Å². The molecular formula is C66H60N4O. The van der Waals surface area contributed by atoms with Crippen LogP contribution >= 0.6 is 0 Å². The number of anilines is 2. The van der Waals surface area contributed by atoms with Gasteiger partial charge in [-0.15, -0.1) is 0 Å². The molecule has 11 rings (SSSR count). The Morgan fingerprint density at radius 3 is 1.69 bits per heavy atom. The molecule has 0 radical (unpaired) electrons. The molecule has 3 heterocycles. The van der Waals surface area contributed by atoms with Crippen molar-refractivity contribution < 1.29 is 4.74 Å². The molecule has 5 heteroatoms. The Balaban J connectivity index is 0.995. The van der Waals surface area contributed by atoms with Crippen LogP contribution in [0.5, 0.6) is 11.5 Å². The molecule has 350 valence electrons. The number of hydrogen-bond donors (Lipinski definition) is 0. The van der Waals surface area contributed by atoms with E-state index in [1.165, 1.54) is 44.3 Å². The normalized spacial score (nSPS) is 13.3. The maximum absolute atomic E-state index is 7.03. The summed E-state index contributed by atoms with van der Waals surface area (Å²) in [7, 11) is 0. The molecule has 5 nitrogen and oxygen atoms in total. The smallest absolute Gasteiger partial charge is 0.137 e. The number of hydrogen-bond acceptors (Lipinski definition) is 4. The third-order valence-corrected chi connectivity index (χ3v) is 14.6. The van der Waals surface area contributed by atoms with E-state index in [1.54, 1.807) is 0 Å². The molecule has 2 aromatic heterocycles. The van der Waals surface area contributed by atoms with Gasteiger partial charge in [-0.2, -0.15) is 0 Å². The predicted molar refractivity (Wildman–Crippen MR) is 297 cm³/mol. The van der Waals surface area contributed by atoms with Crippen molar-refractivity contribution in [3.05, 3.63) is 258 Å². The lowest BCUT2D eigenvalue weighted by molar-refractivity contribution is 0.479. The average Bonchev–Trinajstić information content (AvgIpc) is 4.00. The van der Waals surface area contributed by atoms with Crippen LogP contribution in [0.25, 0.3) is 44.4 Å². The van der Waals surface area contributed by atoms with Crippen LogP contribution in [0.1, 0.15) is 81.8 Å². The summed E-state index contributed by atoms with van der Waals surface area (Å²) < 4.78 is 9.32. The molecule has 0 aliphatic carbocycles. The van der Waals surface area contributed by atoms with Crippen molar-refractivity contribution in [3.8, 4) is 28.4 Å². The molecule has 10 aromatic rings. The highest BCUT2D eigenvalue weighted by molar-refractivity contribution is 6.09. The highest BCUT2D eigenvalue weighted by Crippen LogP contribution is 2.43. The molecule has 0 bridgehead atoms. The molecule has 0 amide bonds. The zero-order valence-electron chi connectivity index (χ0n) is 41.8. The van der Waals surface area contributed by atoms with Crippen LogP contribution in [0.2, 0.25) is 0 Å². The van der Waals surface area contributed by atoms with Gasteiger partial charge in [0.25, 0.3) is 0 Å². The number of benzene rings is 8. The summed E-state index contributed by atoms with van der Waals surface area (Å²) in [5.41, 5.74) is 14.6. The van der Waals surface area contributed by atoms with Crippen LogP contribution in [0.3, 0.4) is 0 Å². The van der Waals surface area contributed by atoms with Crippen LogP contribution in [0.4, 0.5) is 11.4 Å². The number of rotatable bonds is 11. The lowest BCUT2D eigenvalue weighted by Crippen LogP contribution is -2.27. The summed E-state index contributed by atoms with van der Waals surface area (Å²) in [6, 6.07) is 76.4. The van der Waals surface area contributed by atoms with Crippen LogP contribution in [0.15, 0.2) is 225 Å². The van der Waals surface area contributed by atoms with Crippen LogP contribution < -0.4 is 14.5 Å². The second-order valence-corrected chi connectivity index (χ2v) is 21.0. The van der Waals surface area contributed by atoms with E-state index in [0.29, 0.717) is 6.67 Å². The molecule has 8 aromatic carbocycles. The first-order valence-corrected chi connectivity index (χ1v) is 24.8. The lowest BCUT2D eigenvalue weighted by atomic mass is 9.77. The number of nitrogens with zero attached hydrogens (tertiary/aromatic N) is 4. The quantitative estimate of drug-likeness (QED) is 0.129. The van der Waals surface area contributed by atoms with Gasteiger partial charge in [-0.3, -0.25) is 4.57 Å². The Kier molecular flexibility index (Phi) is 11.5. The van der Waals surface area contributed by atoms with Crippen LogP contribution in [0, 0.1) is 0 Å². The standard InChI is InChI=1S/C66H60N4O/c1-64(2,3)52-38-54(68-44-62(47-24-14-9-15-25-47)69(45-68)55-37-48(46-22-12-8-13-23-46)36-53(39-55)66(6,7)50-28-18-11-19-29-50)42-57(40-52)71-56-32-33-59-58-30-20-21-31-60(58)70(61(59)43-56)63-41-51(34-35-67-63)65(4,5)49-26-16-10-17-27-49/h8-44H,45H2,1-7H3. The molecule has 0 unspecified atom stereocenters. The molecule has 0 saturated carbocycles. The van der Waals surface area contributed by atoms with Gasteiger partial charge < -0.3 is 14.5 Å². The number of pyridine rings is 1. The van der Waals surface area contributed by atoms with Gasteiger partial charge in [-0.25, -0.2) is 4.98 Å². The van der Waals surface area contributed by atoms with E-state index in [9.17, 15) is 0 Å². The summed E-state index contributed by atoms with van der Waals surface area (Å²) in [6.45, 7) is 16.7. The Morgan fingerprint density at radius 2 is 1.01 bits per heavy atom. The van der Waals surface area contributed by atoms with E-state index in [1.807, 2.05) is 6.20 Å². The first-order chi connectivity index (χ1) is 34.3. The summed E-state index contributed by atoms with van der Waals surface area (Å²) in [5.74, 6) is 2.41. The van der Waals surface area contributed by atoms with E-state index in [0.717, 1.165) is 56.4 Å². The van der Waals surface area contributed by atoms with Gasteiger partial charge in [0, 0.05) is 57.5 Å². The average molecular weight is 925 g/mol. The minimum Gasteiger partial charge on any atom is -0.457 e. The van der Waals surface area contributed by atoms with Crippen molar-refractivity contribution in [3.63, 3.8) is 0 Å². The van der Waals surface area contributed by atoms with Gasteiger partial charge in [0.2, 0.25) is 0 Å². The Hall–Kier alpha value is -8.15. The third kappa shape index (κ3) is 8.67. The molecule has 0 saturated heterocycles. The Morgan fingerprint density at radius 1 is 0.423 bits per heavy atom. The van der Waals surface area contributed by atoms with E-state index in [-0.39, 0.29) is 16.2 Å². The van der Waals surface area contributed by atoms with Crippen molar-refractivity contribution in [2.45, 2.75) is 64.7 Å². The summed E-state index contributed by atoms with van der Waals surface area (Å²) in [4.78, 5) is 9.85. The second kappa shape index (κ2) is 18.0. The first kappa shape index (κ1) is 45.3. The van der Waals surface area contributed by atoms with E-state index in [2.05, 4.69) is 281 Å². The second-order valence-electron chi connectivity index (χ2n) is 21.0. The minimum absolute atomic E-state index is 0.151.